The van der Waals surface area contributed by atoms with Crippen molar-refractivity contribution in [3.05, 3.63) is 58.6 Å². The van der Waals surface area contributed by atoms with E-state index in [0.717, 1.165) is 11.1 Å². The van der Waals surface area contributed by atoms with Crippen LogP contribution in [0.5, 0.6) is 0 Å². The minimum atomic E-state index is -3.40. The van der Waals surface area contributed by atoms with E-state index in [4.69, 9.17) is 4.52 Å². The van der Waals surface area contributed by atoms with Gasteiger partial charge in [0.25, 0.3) is 0 Å². The zero-order valence-electron chi connectivity index (χ0n) is 16.3. The van der Waals surface area contributed by atoms with Crippen molar-refractivity contribution in [1.29, 1.82) is 0 Å². The molecule has 1 saturated heterocycles. The molecular formula is C20H22N4O4S2. The highest BCUT2D eigenvalue weighted by Gasteiger charge is 2.29. The zero-order valence-corrected chi connectivity index (χ0v) is 17.9. The summed E-state index contributed by atoms with van der Waals surface area (Å²) in [7, 11) is -3.40. The number of piperazine rings is 1. The van der Waals surface area contributed by atoms with Gasteiger partial charge < -0.3 is 9.42 Å². The van der Waals surface area contributed by atoms with Gasteiger partial charge in [-0.1, -0.05) is 35.5 Å². The van der Waals surface area contributed by atoms with Gasteiger partial charge in [0.05, 0.1) is 5.75 Å². The normalized spacial score (nSPS) is 15.4. The molecule has 1 aliphatic rings. The Kier molecular flexibility index (Phi) is 6.26. The van der Waals surface area contributed by atoms with Crippen LogP contribution >= 0.6 is 11.3 Å². The van der Waals surface area contributed by atoms with E-state index >= 15 is 0 Å². The molecule has 1 aromatic carbocycles. The maximum atomic E-state index is 12.6. The number of aryl methyl sites for hydroxylation is 1. The number of rotatable bonds is 7. The first-order valence-corrected chi connectivity index (χ1v) is 12.2. The van der Waals surface area contributed by atoms with Crippen LogP contribution in [0, 0.1) is 0 Å². The fourth-order valence-electron chi connectivity index (χ4n) is 3.33. The summed E-state index contributed by atoms with van der Waals surface area (Å²) in [6.07, 6.45) is 0.616. The first-order valence-electron chi connectivity index (χ1n) is 9.66. The van der Waals surface area contributed by atoms with Crippen LogP contribution in [0.1, 0.15) is 17.9 Å². The Hall–Kier alpha value is -2.56. The van der Waals surface area contributed by atoms with Gasteiger partial charge in [-0.15, -0.1) is 0 Å². The lowest BCUT2D eigenvalue weighted by atomic mass is 10.2. The third-order valence-electron chi connectivity index (χ3n) is 4.98. The summed E-state index contributed by atoms with van der Waals surface area (Å²) < 4.78 is 32.0. The number of sulfonamides is 1. The van der Waals surface area contributed by atoms with Crippen molar-refractivity contribution < 1.29 is 17.7 Å². The average molecular weight is 447 g/mol. The molecule has 0 aliphatic carbocycles. The molecule has 3 heterocycles. The second-order valence-electron chi connectivity index (χ2n) is 7.05. The Morgan fingerprint density at radius 1 is 1.10 bits per heavy atom. The summed E-state index contributed by atoms with van der Waals surface area (Å²) in [5, 5.41) is 7.82. The Bertz CT molecular complexity index is 1070. The summed E-state index contributed by atoms with van der Waals surface area (Å²) in [5.41, 5.74) is 1.66. The molecule has 0 bridgehead atoms. The molecular weight excluding hydrogens is 424 g/mol. The minimum Gasteiger partial charge on any atom is -0.340 e. The maximum Gasteiger partial charge on any atom is 0.227 e. The summed E-state index contributed by atoms with van der Waals surface area (Å²) >= 11 is 1.55. The first kappa shape index (κ1) is 20.7. The van der Waals surface area contributed by atoms with Gasteiger partial charge in [-0.25, -0.2) is 8.42 Å². The molecule has 30 heavy (non-hydrogen) atoms. The Morgan fingerprint density at radius 2 is 1.87 bits per heavy atom. The number of hydrogen-bond acceptors (Lipinski definition) is 7. The van der Waals surface area contributed by atoms with Crippen LogP contribution in [0.2, 0.25) is 0 Å². The molecule has 0 atom stereocenters. The maximum absolute atomic E-state index is 12.6. The van der Waals surface area contributed by atoms with Crippen LogP contribution in [-0.4, -0.2) is 59.8 Å². The van der Waals surface area contributed by atoms with Crippen LogP contribution in [0.3, 0.4) is 0 Å². The Labute approximate surface area is 179 Å². The molecule has 10 heteroatoms. The van der Waals surface area contributed by atoms with Gasteiger partial charge in [0.15, 0.2) is 0 Å². The number of carbonyl (C=O) groups excluding carboxylic acids is 1. The molecule has 3 aromatic rings. The van der Waals surface area contributed by atoms with Gasteiger partial charge in [-0.05, 0) is 17.0 Å². The fourth-order valence-corrected chi connectivity index (χ4v) is 5.48. The van der Waals surface area contributed by atoms with Gasteiger partial charge in [-0.2, -0.15) is 20.6 Å². The second kappa shape index (κ2) is 9.07. The van der Waals surface area contributed by atoms with Crippen LogP contribution < -0.4 is 0 Å². The highest BCUT2D eigenvalue weighted by Crippen LogP contribution is 2.19. The van der Waals surface area contributed by atoms with E-state index in [-0.39, 0.29) is 18.1 Å². The average Bonchev–Trinajstić information content (AvgIpc) is 3.44. The highest BCUT2D eigenvalue weighted by molar-refractivity contribution is 7.88. The largest absolute Gasteiger partial charge is 0.340 e. The van der Waals surface area contributed by atoms with Gasteiger partial charge in [0, 0.05) is 50.0 Å². The number of nitrogens with zero attached hydrogens (tertiary/aromatic N) is 4. The van der Waals surface area contributed by atoms with E-state index in [1.807, 2.05) is 35.0 Å². The summed E-state index contributed by atoms with van der Waals surface area (Å²) in [5.74, 6) is 0.890. The first-order chi connectivity index (χ1) is 14.5. The van der Waals surface area contributed by atoms with Crippen LogP contribution in [0.4, 0.5) is 0 Å². The summed E-state index contributed by atoms with van der Waals surface area (Å²) in [6.45, 7) is 1.39. The van der Waals surface area contributed by atoms with E-state index in [2.05, 4.69) is 10.1 Å². The number of amides is 1. The molecule has 0 radical (unpaired) electrons. The molecule has 0 spiro atoms. The van der Waals surface area contributed by atoms with E-state index in [1.54, 1.807) is 28.4 Å². The lowest BCUT2D eigenvalue weighted by molar-refractivity contribution is -0.132. The van der Waals surface area contributed by atoms with E-state index in [1.165, 1.54) is 4.31 Å². The topological polar surface area (TPSA) is 96.6 Å². The molecule has 2 aromatic heterocycles. The van der Waals surface area contributed by atoms with E-state index in [0.29, 0.717) is 44.3 Å². The monoisotopic (exact) mass is 446 g/mol. The van der Waals surface area contributed by atoms with Crippen molar-refractivity contribution in [2.75, 3.05) is 26.2 Å². The molecule has 0 N–H and O–H groups in total. The lowest BCUT2D eigenvalue weighted by Crippen LogP contribution is -2.50. The minimum absolute atomic E-state index is 0.0224. The predicted octanol–water partition coefficient (Wildman–Crippen LogP) is 2.40. The second-order valence-corrected chi connectivity index (χ2v) is 9.79. The Morgan fingerprint density at radius 3 is 2.57 bits per heavy atom. The predicted molar refractivity (Wildman–Crippen MR) is 113 cm³/mol. The van der Waals surface area contributed by atoms with Crippen molar-refractivity contribution >= 4 is 27.3 Å². The third-order valence-corrected chi connectivity index (χ3v) is 7.51. The summed E-state index contributed by atoms with van der Waals surface area (Å²) in [6, 6.07) is 11.0. The number of thiophene rings is 1. The molecule has 1 fully saturated rings. The van der Waals surface area contributed by atoms with E-state index in [9.17, 15) is 13.2 Å². The highest BCUT2D eigenvalue weighted by atomic mass is 32.2. The third kappa shape index (κ3) is 4.94. The number of aromatic nitrogens is 2. The standard InChI is InChI=1S/C20H22N4O4S2/c25-19(7-6-18-21-20(22-28-18)17-8-13-29-14-17)23-9-11-24(12-10-23)30(26,27)15-16-4-2-1-3-5-16/h1-5,8,13-14H,6-7,9-12,15H2. The number of hydrogen-bond donors (Lipinski definition) is 0. The number of carbonyl (C=O) groups is 1. The van der Waals surface area contributed by atoms with Crippen molar-refractivity contribution in [2.45, 2.75) is 18.6 Å². The molecule has 0 unspecified atom stereocenters. The summed E-state index contributed by atoms with van der Waals surface area (Å²) in [4.78, 5) is 18.5. The van der Waals surface area contributed by atoms with Crippen LogP contribution in [0.25, 0.3) is 11.4 Å². The van der Waals surface area contributed by atoms with Crippen LogP contribution in [-0.2, 0) is 27.0 Å². The quantitative estimate of drug-likeness (QED) is 0.553. The molecule has 0 saturated carbocycles. The molecule has 8 nitrogen and oxygen atoms in total. The molecule has 1 amide bonds. The van der Waals surface area contributed by atoms with Gasteiger partial charge >= 0.3 is 0 Å². The van der Waals surface area contributed by atoms with Crippen molar-refractivity contribution in [3.8, 4) is 11.4 Å². The molecule has 4 rings (SSSR count). The lowest BCUT2D eigenvalue weighted by Gasteiger charge is -2.34. The van der Waals surface area contributed by atoms with Crippen LogP contribution in [0.15, 0.2) is 51.7 Å². The molecule has 158 valence electrons. The smallest absolute Gasteiger partial charge is 0.227 e. The van der Waals surface area contributed by atoms with Crippen molar-refractivity contribution in [1.82, 2.24) is 19.3 Å². The van der Waals surface area contributed by atoms with Gasteiger partial charge in [-0.3, -0.25) is 4.79 Å². The zero-order chi connectivity index (χ0) is 21.0. The van der Waals surface area contributed by atoms with Crippen molar-refractivity contribution in [3.63, 3.8) is 0 Å². The fraction of sp³-hybridized carbons (Fsp3) is 0.350. The van der Waals surface area contributed by atoms with E-state index < -0.39 is 10.0 Å². The molecule has 1 aliphatic heterocycles. The van der Waals surface area contributed by atoms with Gasteiger partial charge in [0.1, 0.15) is 0 Å². The number of benzene rings is 1. The van der Waals surface area contributed by atoms with Gasteiger partial charge in [0.2, 0.25) is 27.6 Å². The van der Waals surface area contributed by atoms with Crippen molar-refractivity contribution in [2.24, 2.45) is 0 Å². The Balaban J connectivity index is 1.26. The SMILES string of the molecule is O=C(CCc1nc(-c2ccsc2)no1)N1CCN(S(=O)(=O)Cc2ccccc2)CC1.